The van der Waals surface area contributed by atoms with Crippen molar-refractivity contribution in [2.75, 3.05) is 4.90 Å². The van der Waals surface area contributed by atoms with Crippen LogP contribution in [0.1, 0.15) is 18.4 Å². The maximum atomic E-state index is 2.40. The molecule has 2 nitrogen and oxygen atoms in total. The van der Waals surface area contributed by atoms with Crippen LogP contribution in [-0.2, 0) is 0 Å². The van der Waals surface area contributed by atoms with Gasteiger partial charge in [0.1, 0.15) is 0 Å². The Labute approximate surface area is 386 Å². The van der Waals surface area contributed by atoms with Crippen molar-refractivity contribution in [3.05, 3.63) is 260 Å². The fourth-order valence-corrected chi connectivity index (χ4v) is 9.78. The second kappa shape index (κ2) is 16.9. The molecule has 1 aromatic heterocycles. The molecule has 0 saturated heterocycles. The summed E-state index contributed by atoms with van der Waals surface area (Å²) in [5.74, 6) is 0. The van der Waals surface area contributed by atoms with E-state index in [1.54, 1.807) is 0 Å². The first-order valence-electron chi connectivity index (χ1n) is 23.0. The van der Waals surface area contributed by atoms with Gasteiger partial charge in [-0.15, -0.1) is 0 Å². The maximum Gasteiger partial charge on any atom is 0.0547 e. The van der Waals surface area contributed by atoms with Crippen molar-refractivity contribution in [3.8, 4) is 50.2 Å². The Balaban J connectivity index is 0.879. The van der Waals surface area contributed by atoms with Gasteiger partial charge >= 0.3 is 0 Å². The van der Waals surface area contributed by atoms with E-state index in [-0.39, 0.29) is 0 Å². The molecule has 2 heteroatoms. The molecule has 0 saturated carbocycles. The lowest BCUT2D eigenvalue weighted by Crippen LogP contribution is -2.10. The average Bonchev–Trinajstić information content (AvgIpc) is 3.72. The number of allylic oxidation sites excluding steroid dienone is 4. The predicted molar refractivity (Wildman–Crippen MR) is 281 cm³/mol. The number of anilines is 3. The van der Waals surface area contributed by atoms with Gasteiger partial charge < -0.3 is 9.47 Å². The number of hydrogen-bond donors (Lipinski definition) is 0. The summed E-state index contributed by atoms with van der Waals surface area (Å²) in [7, 11) is 0. The molecule has 0 fully saturated rings. The third kappa shape index (κ3) is 7.39. The molecule has 12 rings (SSSR count). The van der Waals surface area contributed by atoms with E-state index in [0.29, 0.717) is 0 Å². The van der Waals surface area contributed by atoms with Crippen LogP contribution in [0.25, 0.3) is 88.3 Å². The van der Waals surface area contributed by atoms with Crippen molar-refractivity contribution >= 4 is 55.2 Å². The Hall–Kier alpha value is -8.46. The highest BCUT2D eigenvalue weighted by Gasteiger charge is 2.17. The molecule has 0 unspecified atom stereocenters. The topological polar surface area (TPSA) is 8.17 Å². The summed E-state index contributed by atoms with van der Waals surface area (Å²) in [4.78, 5) is 2.37. The van der Waals surface area contributed by atoms with E-state index >= 15 is 0 Å². The van der Waals surface area contributed by atoms with Crippen LogP contribution in [0.3, 0.4) is 0 Å². The van der Waals surface area contributed by atoms with Crippen LogP contribution < -0.4 is 4.90 Å². The van der Waals surface area contributed by atoms with Crippen LogP contribution in [0.4, 0.5) is 17.1 Å². The number of hydrogen-bond acceptors (Lipinski definition) is 1. The zero-order valence-corrected chi connectivity index (χ0v) is 36.6. The smallest absolute Gasteiger partial charge is 0.0547 e. The van der Waals surface area contributed by atoms with E-state index in [9.17, 15) is 0 Å². The van der Waals surface area contributed by atoms with E-state index in [0.717, 1.165) is 35.6 Å². The third-order valence-electron chi connectivity index (χ3n) is 13.2. The van der Waals surface area contributed by atoms with Gasteiger partial charge in [0.05, 0.1) is 11.0 Å². The summed E-state index contributed by atoms with van der Waals surface area (Å²) in [5.41, 5.74) is 19.0. The number of nitrogens with zero attached hydrogens (tertiary/aromatic N) is 2. The standard InChI is InChI=1S/C64H46N2/c1-3-12-45(13-4-1)47-22-24-49(25-23-47)50-30-36-57(37-31-50)65(60-19-11-18-54(42-60)53-28-26-48(27-29-53)46-14-5-2-6-15-46)58-38-32-51(33-39-58)52-34-40-59(41-35-52)66-63-21-10-9-20-61(63)62-43-55-16-7-8-17-56(55)44-64(62)66/h1,3-5,7-44H,2,6H2. The quantitative estimate of drug-likeness (QED) is 0.141. The molecule has 1 aliphatic rings. The fraction of sp³-hybridized carbons (Fsp3) is 0.0312. The van der Waals surface area contributed by atoms with Crippen molar-refractivity contribution in [1.82, 2.24) is 4.57 Å². The summed E-state index contributed by atoms with van der Waals surface area (Å²) in [6.07, 6.45) is 9.08. The number of aromatic nitrogens is 1. The lowest BCUT2D eigenvalue weighted by Gasteiger charge is -2.26. The van der Waals surface area contributed by atoms with Gasteiger partial charge in [-0.2, -0.15) is 0 Å². The summed E-state index contributed by atoms with van der Waals surface area (Å²) < 4.78 is 2.40. The summed E-state index contributed by atoms with van der Waals surface area (Å²) in [6, 6.07) is 86.4. The summed E-state index contributed by atoms with van der Waals surface area (Å²) in [5, 5.41) is 5.05. The third-order valence-corrected chi connectivity index (χ3v) is 13.2. The van der Waals surface area contributed by atoms with Gasteiger partial charge in [0.25, 0.3) is 0 Å². The molecule has 0 bridgehead atoms. The minimum Gasteiger partial charge on any atom is -0.310 e. The zero-order chi connectivity index (χ0) is 43.8. The maximum absolute atomic E-state index is 2.40. The normalized spacial score (nSPS) is 12.5. The Morgan fingerprint density at radius 1 is 0.318 bits per heavy atom. The van der Waals surface area contributed by atoms with Crippen LogP contribution in [0.5, 0.6) is 0 Å². The lowest BCUT2D eigenvalue weighted by atomic mass is 9.96. The molecule has 0 N–H and O–H groups in total. The molecule has 0 radical (unpaired) electrons. The molecular formula is C64H46N2. The zero-order valence-electron chi connectivity index (χ0n) is 36.6. The van der Waals surface area contributed by atoms with Crippen LogP contribution in [0, 0.1) is 0 Å². The predicted octanol–water partition coefficient (Wildman–Crippen LogP) is 17.8. The van der Waals surface area contributed by atoms with Gasteiger partial charge in [0.2, 0.25) is 0 Å². The highest BCUT2D eigenvalue weighted by molar-refractivity contribution is 6.13. The van der Waals surface area contributed by atoms with Gasteiger partial charge in [-0.1, -0.05) is 188 Å². The van der Waals surface area contributed by atoms with E-state index in [4.69, 9.17) is 0 Å². The second-order valence-electron chi connectivity index (χ2n) is 17.3. The number of rotatable bonds is 9. The van der Waals surface area contributed by atoms with Crippen LogP contribution in [0.2, 0.25) is 0 Å². The first-order chi connectivity index (χ1) is 32.7. The fourth-order valence-electron chi connectivity index (χ4n) is 9.78. The molecule has 1 aliphatic carbocycles. The first-order valence-corrected chi connectivity index (χ1v) is 23.0. The molecule has 0 spiro atoms. The van der Waals surface area contributed by atoms with E-state index in [1.807, 2.05) is 0 Å². The van der Waals surface area contributed by atoms with Crippen LogP contribution >= 0.6 is 0 Å². The second-order valence-corrected chi connectivity index (χ2v) is 17.3. The Morgan fingerprint density at radius 2 is 0.818 bits per heavy atom. The Bertz CT molecular complexity index is 3580. The van der Waals surface area contributed by atoms with Gasteiger partial charge in [-0.25, -0.2) is 0 Å². The van der Waals surface area contributed by atoms with E-state index < -0.39 is 0 Å². The number of benzene rings is 10. The van der Waals surface area contributed by atoms with E-state index in [2.05, 4.69) is 264 Å². The van der Waals surface area contributed by atoms with Crippen molar-refractivity contribution in [2.24, 2.45) is 0 Å². The van der Waals surface area contributed by atoms with Gasteiger partial charge in [0, 0.05) is 33.5 Å². The van der Waals surface area contributed by atoms with Crippen molar-refractivity contribution in [3.63, 3.8) is 0 Å². The molecule has 66 heavy (non-hydrogen) atoms. The SMILES string of the molecule is C1=CC(c2ccc(-c3cccc(N(c4ccc(-c5ccc(-c6ccccc6)cc5)cc4)c4ccc(-c5ccc(-n6c7ccccc7c7cc8ccccc8cc76)cc5)cc4)c3)cc2)=CCC1. The van der Waals surface area contributed by atoms with Crippen LogP contribution in [-0.4, -0.2) is 4.57 Å². The summed E-state index contributed by atoms with van der Waals surface area (Å²) >= 11 is 0. The highest BCUT2D eigenvalue weighted by Crippen LogP contribution is 2.40. The van der Waals surface area contributed by atoms with Crippen LogP contribution in [0.15, 0.2) is 255 Å². The molecule has 0 amide bonds. The van der Waals surface area contributed by atoms with Crippen molar-refractivity contribution in [2.45, 2.75) is 12.8 Å². The number of para-hydroxylation sites is 1. The molecule has 0 aliphatic heterocycles. The molecule has 1 heterocycles. The Kier molecular flexibility index (Phi) is 10.0. The molecule has 312 valence electrons. The molecule has 10 aromatic carbocycles. The highest BCUT2D eigenvalue weighted by atomic mass is 15.1. The lowest BCUT2D eigenvalue weighted by molar-refractivity contribution is 1.04. The van der Waals surface area contributed by atoms with Gasteiger partial charge in [0.15, 0.2) is 0 Å². The molecule has 11 aromatic rings. The largest absolute Gasteiger partial charge is 0.310 e. The van der Waals surface area contributed by atoms with E-state index in [1.165, 1.54) is 88.2 Å². The number of fused-ring (bicyclic) bond motifs is 4. The monoisotopic (exact) mass is 842 g/mol. The average molecular weight is 843 g/mol. The van der Waals surface area contributed by atoms with Crippen molar-refractivity contribution < 1.29 is 0 Å². The summed E-state index contributed by atoms with van der Waals surface area (Å²) in [6.45, 7) is 0. The minimum absolute atomic E-state index is 1.09. The van der Waals surface area contributed by atoms with Gasteiger partial charge in [-0.05, 0) is 146 Å². The molecule has 0 atom stereocenters. The Morgan fingerprint density at radius 3 is 1.44 bits per heavy atom. The molecular weight excluding hydrogens is 797 g/mol. The first kappa shape index (κ1) is 39.2. The van der Waals surface area contributed by atoms with Crippen molar-refractivity contribution in [1.29, 1.82) is 0 Å². The minimum atomic E-state index is 1.09. The van der Waals surface area contributed by atoms with Gasteiger partial charge in [-0.3, -0.25) is 0 Å².